The molecule has 1 rings (SSSR count). The van der Waals surface area contributed by atoms with Crippen LogP contribution in [0.5, 0.6) is 0 Å². The highest BCUT2D eigenvalue weighted by Crippen LogP contribution is 2.14. The van der Waals surface area contributed by atoms with Crippen LogP contribution in [0.25, 0.3) is 0 Å². The number of aliphatic carboxylic acids is 1. The second-order valence-corrected chi connectivity index (χ2v) is 3.74. The summed E-state index contributed by atoms with van der Waals surface area (Å²) in [5, 5.41) is 10.7. The summed E-state index contributed by atoms with van der Waals surface area (Å²) in [6.07, 6.45) is 0. The first kappa shape index (κ1) is 14.0. The molecule has 0 heterocycles. The highest BCUT2D eigenvalue weighted by Gasteiger charge is 2.12. The Hall–Kier alpha value is -2.02. The van der Waals surface area contributed by atoms with Crippen LogP contribution in [-0.4, -0.2) is 42.0 Å². The van der Waals surface area contributed by atoms with E-state index in [0.717, 1.165) is 12.1 Å². The van der Waals surface area contributed by atoms with Crippen molar-refractivity contribution in [2.24, 2.45) is 0 Å². The van der Waals surface area contributed by atoms with E-state index in [9.17, 15) is 18.4 Å². The molecular formula is C11H12F2N2O3. The smallest absolute Gasteiger partial charge is 0.317 e. The van der Waals surface area contributed by atoms with Crippen LogP contribution in [0.4, 0.5) is 14.5 Å². The zero-order valence-corrected chi connectivity index (χ0v) is 9.61. The normalized spacial score (nSPS) is 10.4. The van der Waals surface area contributed by atoms with E-state index in [1.807, 2.05) is 0 Å². The molecule has 0 unspecified atom stereocenters. The van der Waals surface area contributed by atoms with Crippen molar-refractivity contribution in [1.82, 2.24) is 4.90 Å². The minimum Gasteiger partial charge on any atom is -0.480 e. The number of rotatable bonds is 5. The number of benzene rings is 1. The average molecular weight is 258 g/mol. The van der Waals surface area contributed by atoms with Gasteiger partial charge in [0.2, 0.25) is 5.91 Å². The molecule has 0 saturated heterocycles. The summed E-state index contributed by atoms with van der Waals surface area (Å²) < 4.78 is 25.8. The van der Waals surface area contributed by atoms with Gasteiger partial charge in [-0.25, -0.2) is 8.78 Å². The van der Waals surface area contributed by atoms with Gasteiger partial charge in [-0.1, -0.05) is 0 Å². The van der Waals surface area contributed by atoms with Crippen LogP contribution in [0.1, 0.15) is 0 Å². The lowest BCUT2D eigenvalue weighted by Gasteiger charge is -2.13. The molecule has 5 nitrogen and oxygen atoms in total. The maximum absolute atomic E-state index is 13.2. The maximum Gasteiger partial charge on any atom is 0.317 e. The zero-order chi connectivity index (χ0) is 13.7. The molecule has 2 N–H and O–H groups in total. The molecule has 1 amide bonds. The highest BCUT2D eigenvalue weighted by atomic mass is 19.1. The maximum atomic E-state index is 13.2. The first-order valence-electron chi connectivity index (χ1n) is 5.03. The number of carboxylic acid groups (broad SMARTS) is 1. The fourth-order valence-electron chi connectivity index (χ4n) is 1.31. The van der Waals surface area contributed by atoms with Gasteiger partial charge in [0.1, 0.15) is 11.6 Å². The lowest BCUT2D eigenvalue weighted by atomic mass is 10.3. The molecular weight excluding hydrogens is 246 g/mol. The summed E-state index contributed by atoms with van der Waals surface area (Å²) in [7, 11) is 1.44. The van der Waals surface area contributed by atoms with Gasteiger partial charge in [0, 0.05) is 6.07 Å². The second-order valence-electron chi connectivity index (χ2n) is 3.74. The number of hydrogen-bond donors (Lipinski definition) is 2. The Morgan fingerprint density at radius 1 is 1.33 bits per heavy atom. The van der Waals surface area contributed by atoms with Gasteiger partial charge in [-0.3, -0.25) is 14.5 Å². The Morgan fingerprint density at radius 3 is 2.56 bits per heavy atom. The molecule has 7 heteroatoms. The van der Waals surface area contributed by atoms with Crippen LogP contribution in [-0.2, 0) is 9.59 Å². The lowest BCUT2D eigenvalue weighted by molar-refractivity contribution is -0.138. The number of anilines is 1. The summed E-state index contributed by atoms with van der Waals surface area (Å²) in [4.78, 5) is 23.1. The van der Waals surface area contributed by atoms with Gasteiger partial charge in [-0.05, 0) is 19.2 Å². The van der Waals surface area contributed by atoms with E-state index in [4.69, 9.17) is 5.11 Å². The van der Waals surface area contributed by atoms with Gasteiger partial charge in [-0.15, -0.1) is 0 Å². The standard InChI is InChI=1S/C11H12F2N2O3/c1-15(6-11(17)18)5-10(16)14-9-3-2-7(12)4-8(9)13/h2-4H,5-6H2,1H3,(H,14,16)(H,17,18). The summed E-state index contributed by atoms with van der Waals surface area (Å²) >= 11 is 0. The van der Waals surface area contributed by atoms with Crippen LogP contribution in [0, 0.1) is 11.6 Å². The van der Waals surface area contributed by atoms with Gasteiger partial charge in [0.25, 0.3) is 0 Å². The summed E-state index contributed by atoms with van der Waals surface area (Å²) in [5.74, 6) is -3.28. The predicted octanol–water partition coefficient (Wildman–Crippen LogP) is 0.920. The van der Waals surface area contributed by atoms with Crippen molar-refractivity contribution in [2.75, 3.05) is 25.5 Å². The average Bonchev–Trinajstić information content (AvgIpc) is 2.20. The van der Waals surface area contributed by atoms with Crippen LogP contribution in [0.2, 0.25) is 0 Å². The lowest BCUT2D eigenvalue weighted by Crippen LogP contribution is -2.34. The van der Waals surface area contributed by atoms with E-state index in [-0.39, 0.29) is 18.8 Å². The van der Waals surface area contributed by atoms with Gasteiger partial charge in [0.15, 0.2) is 0 Å². The molecule has 0 atom stereocenters. The topological polar surface area (TPSA) is 69.6 Å². The monoisotopic (exact) mass is 258 g/mol. The zero-order valence-electron chi connectivity index (χ0n) is 9.61. The minimum absolute atomic E-state index is 0.148. The first-order valence-corrected chi connectivity index (χ1v) is 5.03. The Labute approximate surface area is 102 Å². The van der Waals surface area contributed by atoms with Crippen molar-refractivity contribution < 1.29 is 23.5 Å². The van der Waals surface area contributed by atoms with Crippen molar-refractivity contribution >= 4 is 17.6 Å². The third-order valence-electron chi connectivity index (χ3n) is 2.02. The molecule has 1 aromatic rings. The number of nitrogens with one attached hydrogen (secondary N) is 1. The molecule has 0 bridgehead atoms. The molecule has 18 heavy (non-hydrogen) atoms. The molecule has 0 fully saturated rings. The Morgan fingerprint density at radius 2 is 2.00 bits per heavy atom. The molecule has 0 radical (unpaired) electrons. The summed E-state index contributed by atoms with van der Waals surface area (Å²) in [6, 6.07) is 2.76. The first-order chi connectivity index (χ1) is 8.38. The molecule has 0 saturated carbocycles. The van der Waals surface area contributed by atoms with E-state index >= 15 is 0 Å². The van der Waals surface area contributed by atoms with E-state index in [1.54, 1.807) is 0 Å². The molecule has 0 aliphatic heterocycles. The number of hydrogen-bond acceptors (Lipinski definition) is 3. The van der Waals surface area contributed by atoms with Crippen LogP contribution in [0.15, 0.2) is 18.2 Å². The Balaban J connectivity index is 2.56. The third-order valence-corrected chi connectivity index (χ3v) is 2.02. The van der Waals surface area contributed by atoms with Crippen LogP contribution < -0.4 is 5.32 Å². The number of carbonyl (C=O) groups excluding carboxylic acids is 1. The van der Waals surface area contributed by atoms with Crippen LogP contribution in [0.3, 0.4) is 0 Å². The van der Waals surface area contributed by atoms with E-state index in [2.05, 4.69) is 5.32 Å². The van der Waals surface area contributed by atoms with Crippen LogP contribution >= 0.6 is 0 Å². The van der Waals surface area contributed by atoms with Crippen molar-refractivity contribution in [1.29, 1.82) is 0 Å². The number of carboxylic acids is 1. The quantitative estimate of drug-likeness (QED) is 0.824. The molecule has 0 aromatic heterocycles. The largest absolute Gasteiger partial charge is 0.480 e. The minimum atomic E-state index is -1.07. The van der Waals surface area contributed by atoms with Crippen molar-refractivity contribution in [3.05, 3.63) is 29.8 Å². The van der Waals surface area contributed by atoms with Gasteiger partial charge >= 0.3 is 5.97 Å². The van der Waals surface area contributed by atoms with E-state index in [1.165, 1.54) is 11.9 Å². The van der Waals surface area contributed by atoms with Gasteiger partial charge in [-0.2, -0.15) is 0 Å². The van der Waals surface area contributed by atoms with Crippen molar-refractivity contribution in [3.63, 3.8) is 0 Å². The number of carbonyl (C=O) groups is 2. The fraction of sp³-hybridized carbons (Fsp3) is 0.273. The van der Waals surface area contributed by atoms with Gasteiger partial charge in [0.05, 0.1) is 18.8 Å². The number of likely N-dealkylation sites (N-methyl/N-ethyl adjacent to an activating group) is 1. The van der Waals surface area contributed by atoms with E-state index in [0.29, 0.717) is 6.07 Å². The Kier molecular flexibility index (Phi) is 4.73. The molecule has 0 aliphatic carbocycles. The SMILES string of the molecule is CN(CC(=O)O)CC(=O)Nc1ccc(F)cc1F. The number of amides is 1. The highest BCUT2D eigenvalue weighted by molar-refractivity contribution is 5.92. The summed E-state index contributed by atoms with van der Waals surface area (Å²) in [5.41, 5.74) is -0.148. The fourth-order valence-corrected chi connectivity index (χ4v) is 1.31. The van der Waals surface area contributed by atoms with Gasteiger partial charge < -0.3 is 10.4 Å². The third kappa shape index (κ3) is 4.46. The number of nitrogens with zero attached hydrogens (tertiary/aromatic N) is 1. The number of halogens is 2. The second kappa shape index (κ2) is 6.06. The summed E-state index contributed by atoms with van der Waals surface area (Å²) in [6.45, 7) is -0.511. The molecule has 1 aromatic carbocycles. The van der Waals surface area contributed by atoms with E-state index < -0.39 is 23.5 Å². The molecule has 0 spiro atoms. The van der Waals surface area contributed by atoms with Crippen molar-refractivity contribution in [3.8, 4) is 0 Å². The molecule has 98 valence electrons. The molecule has 0 aliphatic rings. The Bertz CT molecular complexity index is 466. The van der Waals surface area contributed by atoms with Crippen molar-refractivity contribution in [2.45, 2.75) is 0 Å². The predicted molar refractivity (Wildman–Crippen MR) is 60.1 cm³/mol.